The van der Waals surface area contributed by atoms with Crippen LogP contribution in [-0.4, -0.2) is 17.7 Å². The van der Waals surface area contributed by atoms with Crippen LogP contribution in [0.3, 0.4) is 0 Å². The lowest BCUT2D eigenvalue weighted by molar-refractivity contribution is -0.137. The highest BCUT2D eigenvalue weighted by Gasteiger charge is 2.19. The third kappa shape index (κ3) is 4.22. The van der Waals surface area contributed by atoms with Gasteiger partial charge in [-0.3, -0.25) is 4.79 Å². The standard InChI is InChI=1S/C14H19ClO3/c1-3-5-10(8-14(16)17)12-9-11(15)6-7-13(12)18-4-2/h6-7,9-10H,3-5,8H2,1-2H3,(H,16,17). The van der Waals surface area contributed by atoms with E-state index in [4.69, 9.17) is 21.4 Å². The number of carboxylic acids is 1. The Bertz CT molecular complexity index is 404. The van der Waals surface area contributed by atoms with Crippen LogP contribution in [-0.2, 0) is 4.79 Å². The van der Waals surface area contributed by atoms with Crippen molar-refractivity contribution >= 4 is 17.6 Å². The van der Waals surface area contributed by atoms with E-state index in [1.54, 1.807) is 6.07 Å². The molecule has 0 aliphatic rings. The molecular formula is C14H19ClO3. The van der Waals surface area contributed by atoms with Crippen LogP contribution in [0.2, 0.25) is 5.02 Å². The minimum absolute atomic E-state index is 0.0484. The quantitative estimate of drug-likeness (QED) is 0.811. The van der Waals surface area contributed by atoms with Crippen LogP contribution in [0.25, 0.3) is 0 Å². The van der Waals surface area contributed by atoms with Crippen molar-refractivity contribution < 1.29 is 14.6 Å². The van der Waals surface area contributed by atoms with Gasteiger partial charge < -0.3 is 9.84 Å². The monoisotopic (exact) mass is 270 g/mol. The number of ether oxygens (including phenoxy) is 1. The van der Waals surface area contributed by atoms with E-state index in [1.807, 2.05) is 26.0 Å². The van der Waals surface area contributed by atoms with Crippen molar-refractivity contribution in [1.82, 2.24) is 0 Å². The Labute approximate surface area is 113 Å². The van der Waals surface area contributed by atoms with Gasteiger partial charge in [0.05, 0.1) is 13.0 Å². The molecule has 1 aromatic rings. The lowest BCUT2D eigenvalue weighted by Crippen LogP contribution is -2.08. The summed E-state index contributed by atoms with van der Waals surface area (Å²) < 4.78 is 5.55. The van der Waals surface area contributed by atoms with Gasteiger partial charge in [-0.1, -0.05) is 24.9 Å². The average molecular weight is 271 g/mol. The molecule has 3 nitrogen and oxygen atoms in total. The molecule has 0 aromatic heterocycles. The summed E-state index contributed by atoms with van der Waals surface area (Å²) in [6, 6.07) is 5.39. The minimum Gasteiger partial charge on any atom is -0.494 e. The molecule has 0 radical (unpaired) electrons. The van der Waals surface area contributed by atoms with Crippen molar-refractivity contribution in [3.05, 3.63) is 28.8 Å². The Morgan fingerprint density at radius 3 is 2.72 bits per heavy atom. The fourth-order valence-electron chi connectivity index (χ4n) is 2.05. The summed E-state index contributed by atoms with van der Waals surface area (Å²) in [4.78, 5) is 10.9. The molecule has 0 bridgehead atoms. The number of aliphatic carboxylic acids is 1. The van der Waals surface area contributed by atoms with Crippen molar-refractivity contribution in [2.24, 2.45) is 0 Å². The molecule has 0 saturated carbocycles. The summed E-state index contributed by atoms with van der Waals surface area (Å²) >= 11 is 5.99. The summed E-state index contributed by atoms with van der Waals surface area (Å²) in [5, 5.41) is 9.60. The first-order valence-corrected chi connectivity index (χ1v) is 6.60. The Hall–Kier alpha value is -1.22. The van der Waals surface area contributed by atoms with E-state index in [-0.39, 0.29) is 12.3 Å². The Morgan fingerprint density at radius 2 is 2.17 bits per heavy atom. The molecule has 0 aliphatic carbocycles. The topological polar surface area (TPSA) is 46.5 Å². The minimum atomic E-state index is -0.795. The molecule has 0 heterocycles. The molecule has 100 valence electrons. The summed E-state index contributed by atoms with van der Waals surface area (Å²) in [6.07, 6.45) is 1.84. The van der Waals surface area contributed by atoms with Crippen LogP contribution in [0.4, 0.5) is 0 Å². The van der Waals surface area contributed by atoms with Crippen LogP contribution in [0.1, 0.15) is 44.6 Å². The molecular weight excluding hydrogens is 252 g/mol. The van der Waals surface area contributed by atoms with Crippen LogP contribution in [0.5, 0.6) is 5.75 Å². The molecule has 1 rings (SSSR count). The van der Waals surface area contributed by atoms with Gasteiger partial charge in [0.2, 0.25) is 0 Å². The number of halogens is 1. The van der Waals surface area contributed by atoms with Gasteiger partial charge in [0.1, 0.15) is 5.75 Å². The third-order valence-electron chi connectivity index (χ3n) is 2.77. The van der Waals surface area contributed by atoms with Crippen LogP contribution >= 0.6 is 11.6 Å². The number of carbonyl (C=O) groups is 1. The zero-order valence-electron chi connectivity index (χ0n) is 10.8. The van der Waals surface area contributed by atoms with Crippen LogP contribution < -0.4 is 4.74 Å². The molecule has 0 spiro atoms. The number of carboxylic acid groups (broad SMARTS) is 1. The van der Waals surface area contributed by atoms with Crippen molar-refractivity contribution in [3.8, 4) is 5.75 Å². The number of benzene rings is 1. The van der Waals surface area contributed by atoms with Gasteiger partial charge in [0, 0.05) is 5.02 Å². The maximum absolute atomic E-state index is 10.9. The highest BCUT2D eigenvalue weighted by molar-refractivity contribution is 6.30. The van der Waals surface area contributed by atoms with E-state index in [0.717, 1.165) is 24.2 Å². The second kappa shape index (κ2) is 7.27. The third-order valence-corrected chi connectivity index (χ3v) is 3.00. The summed E-state index contributed by atoms with van der Waals surface area (Å²) in [5.41, 5.74) is 0.897. The second-order valence-corrected chi connectivity index (χ2v) is 4.64. The SMILES string of the molecule is CCCC(CC(=O)O)c1cc(Cl)ccc1OCC. The van der Waals surface area contributed by atoms with Gasteiger partial charge in [-0.05, 0) is 43.0 Å². The average Bonchev–Trinajstić information content (AvgIpc) is 2.30. The molecule has 0 fully saturated rings. The van der Waals surface area contributed by atoms with Crippen LogP contribution in [0.15, 0.2) is 18.2 Å². The first kappa shape index (κ1) is 14.8. The molecule has 0 saturated heterocycles. The van der Waals surface area contributed by atoms with Gasteiger partial charge in [-0.25, -0.2) is 0 Å². The predicted octanol–water partition coefficient (Wildman–Crippen LogP) is 4.10. The molecule has 0 amide bonds. The molecule has 1 N–H and O–H groups in total. The lowest BCUT2D eigenvalue weighted by Gasteiger charge is -2.18. The maximum atomic E-state index is 10.9. The van der Waals surface area contributed by atoms with Crippen molar-refractivity contribution in [2.45, 2.75) is 39.0 Å². The van der Waals surface area contributed by atoms with Gasteiger partial charge in [-0.15, -0.1) is 0 Å². The van der Waals surface area contributed by atoms with Gasteiger partial charge in [0.25, 0.3) is 0 Å². The van der Waals surface area contributed by atoms with E-state index >= 15 is 0 Å². The molecule has 1 atom stereocenters. The molecule has 1 unspecified atom stereocenters. The lowest BCUT2D eigenvalue weighted by atomic mass is 9.91. The maximum Gasteiger partial charge on any atom is 0.303 e. The summed E-state index contributed by atoms with van der Waals surface area (Å²) in [6.45, 7) is 4.50. The first-order chi connectivity index (χ1) is 8.58. The summed E-state index contributed by atoms with van der Waals surface area (Å²) in [5.74, 6) is -0.106. The zero-order chi connectivity index (χ0) is 13.5. The van der Waals surface area contributed by atoms with E-state index < -0.39 is 5.97 Å². The van der Waals surface area contributed by atoms with Crippen molar-refractivity contribution in [3.63, 3.8) is 0 Å². The van der Waals surface area contributed by atoms with E-state index in [2.05, 4.69) is 0 Å². The second-order valence-electron chi connectivity index (χ2n) is 4.20. The Kier molecular flexibility index (Phi) is 5.99. The van der Waals surface area contributed by atoms with Gasteiger partial charge in [-0.2, -0.15) is 0 Å². The summed E-state index contributed by atoms with van der Waals surface area (Å²) in [7, 11) is 0. The highest BCUT2D eigenvalue weighted by atomic mass is 35.5. The number of rotatable bonds is 7. The predicted molar refractivity (Wildman–Crippen MR) is 72.5 cm³/mol. The van der Waals surface area contributed by atoms with Crippen molar-refractivity contribution in [1.29, 1.82) is 0 Å². The number of hydrogen-bond donors (Lipinski definition) is 1. The highest BCUT2D eigenvalue weighted by Crippen LogP contribution is 2.34. The molecule has 1 aromatic carbocycles. The zero-order valence-corrected chi connectivity index (χ0v) is 11.5. The fourth-order valence-corrected chi connectivity index (χ4v) is 2.23. The number of hydrogen-bond acceptors (Lipinski definition) is 2. The van der Waals surface area contributed by atoms with Crippen LogP contribution in [0, 0.1) is 0 Å². The molecule has 0 aliphatic heterocycles. The van der Waals surface area contributed by atoms with E-state index in [9.17, 15) is 4.79 Å². The van der Waals surface area contributed by atoms with E-state index in [0.29, 0.717) is 11.6 Å². The smallest absolute Gasteiger partial charge is 0.303 e. The van der Waals surface area contributed by atoms with Gasteiger partial charge in [0.15, 0.2) is 0 Å². The van der Waals surface area contributed by atoms with E-state index in [1.165, 1.54) is 0 Å². The normalized spacial score (nSPS) is 12.2. The molecule has 18 heavy (non-hydrogen) atoms. The Morgan fingerprint density at radius 1 is 1.44 bits per heavy atom. The van der Waals surface area contributed by atoms with Crippen molar-refractivity contribution in [2.75, 3.05) is 6.61 Å². The molecule has 4 heteroatoms. The fraction of sp³-hybridized carbons (Fsp3) is 0.500. The largest absolute Gasteiger partial charge is 0.494 e. The first-order valence-electron chi connectivity index (χ1n) is 6.22. The van der Waals surface area contributed by atoms with Gasteiger partial charge >= 0.3 is 5.97 Å². The Balaban J connectivity index is 3.06.